The maximum atomic E-state index is 13.3. The fraction of sp³-hybridized carbons (Fsp3) is 0.286. The fourth-order valence-corrected chi connectivity index (χ4v) is 3.05. The minimum absolute atomic E-state index is 0.0109. The van der Waals surface area contributed by atoms with Gasteiger partial charge in [0.05, 0.1) is 18.1 Å². The lowest BCUT2D eigenvalue weighted by molar-refractivity contribution is -0.167. The average molecular weight is 431 g/mol. The number of nitrogens with one attached hydrogen (secondary N) is 2. The van der Waals surface area contributed by atoms with Crippen molar-refractivity contribution in [3.8, 4) is 16.8 Å². The monoisotopic (exact) mass is 431 g/mol. The minimum Gasteiger partial charge on any atom is -0.382 e. The minimum atomic E-state index is -3.22. The van der Waals surface area contributed by atoms with Crippen molar-refractivity contribution >= 4 is 5.91 Å². The molecule has 0 fully saturated rings. The third kappa shape index (κ3) is 4.46. The molecular weight excluding hydrogens is 408 g/mol. The number of halogens is 2. The molecule has 2 aromatic carbocycles. The van der Waals surface area contributed by atoms with Gasteiger partial charge >= 0.3 is 0 Å². The molecule has 8 nitrogen and oxygen atoms in total. The molecule has 1 heterocycles. The number of amides is 1. The van der Waals surface area contributed by atoms with Crippen molar-refractivity contribution in [2.75, 3.05) is 0 Å². The Hall–Kier alpha value is -3.21. The Balaban J connectivity index is 1.73. The number of benzene rings is 2. The van der Waals surface area contributed by atoms with Gasteiger partial charge in [-0.25, -0.2) is 14.3 Å². The van der Waals surface area contributed by atoms with Crippen LogP contribution in [0.3, 0.4) is 0 Å². The normalized spacial score (nSPS) is 15.3. The van der Waals surface area contributed by atoms with E-state index in [0.717, 1.165) is 30.7 Å². The van der Waals surface area contributed by atoms with Crippen LogP contribution in [0.5, 0.6) is 0 Å². The smallest absolute Gasteiger partial charge is 0.268 e. The van der Waals surface area contributed by atoms with Gasteiger partial charge in [0, 0.05) is 6.54 Å². The number of alkyl halides is 2. The molecule has 1 aromatic heterocycles. The van der Waals surface area contributed by atoms with Crippen LogP contribution in [0.25, 0.3) is 16.8 Å². The summed E-state index contributed by atoms with van der Waals surface area (Å²) in [5.41, 5.74) is -0.101. The van der Waals surface area contributed by atoms with E-state index in [1.165, 1.54) is 10.3 Å². The number of aromatic nitrogens is 3. The maximum Gasteiger partial charge on any atom is 0.268 e. The summed E-state index contributed by atoms with van der Waals surface area (Å²) in [6.45, 7) is 1.96. The van der Waals surface area contributed by atoms with Crippen LogP contribution in [0.4, 0.5) is 8.78 Å². The number of carbonyl (C=O) groups is 1. The summed E-state index contributed by atoms with van der Waals surface area (Å²) in [6.07, 6.45) is -0.0304. The van der Waals surface area contributed by atoms with Gasteiger partial charge in [-0.1, -0.05) is 36.4 Å². The first-order valence-corrected chi connectivity index (χ1v) is 9.45. The second kappa shape index (κ2) is 8.88. The third-order valence-corrected chi connectivity index (χ3v) is 5.44. The SMILES string of the molecule is CC(NCc1ccc(-c2ccc(-n3nccn3)cc2)cc1)(C(=O)NO)C(C)(O)C(F)F. The number of hydrogen-bond acceptors (Lipinski definition) is 6. The Morgan fingerprint density at radius 3 is 2.03 bits per heavy atom. The van der Waals surface area contributed by atoms with Crippen LogP contribution in [-0.2, 0) is 11.3 Å². The molecule has 2 atom stereocenters. The zero-order valence-electron chi connectivity index (χ0n) is 17.0. The molecular formula is C21H23F2N5O3. The van der Waals surface area contributed by atoms with Gasteiger partial charge < -0.3 is 5.11 Å². The Morgan fingerprint density at radius 1 is 1.03 bits per heavy atom. The van der Waals surface area contributed by atoms with E-state index < -0.39 is 23.5 Å². The van der Waals surface area contributed by atoms with Crippen molar-refractivity contribution in [1.82, 2.24) is 25.8 Å². The fourth-order valence-electron chi connectivity index (χ4n) is 3.05. The Bertz CT molecular complexity index is 1010. The molecule has 4 N–H and O–H groups in total. The first-order valence-electron chi connectivity index (χ1n) is 9.45. The standard InChI is InChI=1S/C21H23F2N5O3/c1-20(19(29)27-31,21(2,30)18(22)23)24-13-14-3-5-15(6-4-14)16-7-9-17(10-8-16)28-25-11-12-26-28/h3-12,18,24,30-31H,13H2,1-2H3,(H,27,29). The van der Waals surface area contributed by atoms with E-state index in [1.54, 1.807) is 24.5 Å². The quantitative estimate of drug-likeness (QED) is 0.322. The van der Waals surface area contributed by atoms with Crippen molar-refractivity contribution < 1.29 is 23.9 Å². The van der Waals surface area contributed by atoms with E-state index in [4.69, 9.17) is 5.21 Å². The first-order chi connectivity index (χ1) is 14.7. The van der Waals surface area contributed by atoms with Gasteiger partial charge in [0.15, 0.2) is 0 Å². The molecule has 3 aromatic rings. The lowest BCUT2D eigenvalue weighted by atomic mass is 9.81. The van der Waals surface area contributed by atoms with Gasteiger partial charge in [0.2, 0.25) is 0 Å². The van der Waals surface area contributed by atoms with Gasteiger partial charge in [0.25, 0.3) is 12.3 Å². The summed E-state index contributed by atoms with van der Waals surface area (Å²) < 4.78 is 26.7. The lowest BCUT2D eigenvalue weighted by Gasteiger charge is -2.40. The van der Waals surface area contributed by atoms with Crippen molar-refractivity contribution in [3.63, 3.8) is 0 Å². The van der Waals surface area contributed by atoms with Crippen molar-refractivity contribution in [3.05, 3.63) is 66.5 Å². The summed E-state index contributed by atoms with van der Waals surface area (Å²) in [5, 5.41) is 29.9. The zero-order chi connectivity index (χ0) is 22.6. The van der Waals surface area contributed by atoms with Gasteiger partial charge in [-0.15, -0.1) is 0 Å². The number of carbonyl (C=O) groups excluding carboxylic acids is 1. The highest BCUT2D eigenvalue weighted by molar-refractivity contribution is 5.86. The number of hydroxylamine groups is 1. The van der Waals surface area contributed by atoms with Crippen LogP contribution in [0.15, 0.2) is 60.9 Å². The van der Waals surface area contributed by atoms with E-state index in [1.807, 2.05) is 36.4 Å². The summed E-state index contributed by atoms with van der Waals surface area (Å²) in [7, 11) is 0. The molecule has 164 valence electrons. The molecule has 0 spiro atoms. The number of aliphatic hydroxyl groups is 1. The van der Waals surface area contributed by atoms with Crippen molar-refractivity contribution in [2.24, 2.45) is 0 Å². The zero-order valence-corrected chi connectivity index (χ0v) is 17.0. The molecule has 0 radical (unpaired) electrons. The predicted octanol–water partition coefficient (Wildman–Crippen LogP) is 2.30. The Morgan fingerprint density at radius 2 is 1.55 bits per heavy atom. The molecule has 0 saturated heterocycles. The van der Waals surface area contributed by atoms with E-state index in [-0.39, 0.29) is 6.54 Å². The Kier molecular flexibility index (Phi) is 6.44. The molecule has 3 rings (SSSR count). The van der Waals surface area contributed by atoms with E-state index >= 15 is 0 Å². The molecule has 10 heteroatoms. The average Bonchev–Trinajstić information content (AvgIpc) is 3.32. The summed E-state index contributed by atoms with van der Waals surface area (Å²) in [6, 6.07) is 14.9. The van der Waals surface area contributed by atoms with Crippen LogP contribution in [-0.4, -0.2) is 48.8 Å². The number of nitrogens with zero attached hydrogens (tertiary/aromatic N) is 3. The number of hydrogen-bond donors (Lipinski definition) is 4. The third-order valence-electron chi connectivity index (χ3n) is 5.44. The molecule has 1 amide bonds. The van der Waals surface area contributed by atoms with Gasteiger partial charge in [0.1, 0.15) is 11.1 Å². The van der Waals surface area contributed by atoms with Crippen LogP contribution >= 0.6 is 0 Å². The summed E-state index contributed by atoms with van der Waals surface area (Å²) in [5.74, 6) is -1.17. The van der Waals surface area contributed by atoms with Gasteiger partial charge in [-0.2, -0.15) is 15.0 Å². The topological polar surface area (TPSA) is 112 Å². The van der Waals surface area contributed by atoms with Crippen molar-refractivity contribution in [2.45, 2.75) is 38.0 Å². The van der Waals surface area contributed by atoms with Gasteiger partial charge in [-0.3, -0.25) is 15.3 Å². The lowest BCUT2D eigenvalue weighted by Crippen LogP contribution is -2.69. The highest BCUT2D eigenvalue weighted by Crippen LogP contribution is 2.29. The Labute approximate surface area is 177 Å². The molecule has 0 aliphatic carbocycles. The largest absolute Gasteiger partial charge is 0.382 e. The highest BCUT2D eigenvalue weighted by Gasteiger charge is 2.54. The van der Waals surface area contributed by atoms with E-state index in [2.05, 4.69) is 15.5 Å². The van der Waals surface area contributed by atoms with Crippen LogP contribution in [0, 0.1) is 0 Å². The first kappa shape index (κ1) is 22.5. The molecule has 0 saturated carbocycles. The molecule has 2 unspecified atom stereocenters. The highest BCUT2D eigenvalue weighted by atomic mass is 19.3. The van der Waals surface area contributed by atoms with Gasteiger partial charge in [-0.05, 0) is 42.7 Å². The molecule has 0 aliphatic rings. The van der Waals surface area contributed by atoms with E-state index in [0.29, 0.717) is 5.56 Å². The molecule has 0 bridgehead atoms. The summed E-state index contributed by atoms with van der Waals surface area (Å²) in [4.78, 5) is 13.5. The second-order valence-electron chi connectivity index (χ2n) is 7.43. The van der Waals surface area contributed by atoms with Crippen LogP contribution < -0.4 is 10.8 Å². The maximum absolute atomic E-state index is 13.3. The van der Waals surface area contributed by atoms with Crippen LogP contribution in [0.2, 0.25) is 0 Å². The number of rotatable bonds is 8. The molecule has 0 aliphatic heterocycles. The predicted molar refractivity (Wildman–Crippen MR) is 109 cm³/mol. The molecule has 31 heavy (non-hydrogen) atoms. The summed E-state index contributed by atoms with van der Waals surface area (Å²) >= 11 is 0. The van der Waals surface area contributed by atoms with E-state index in [9.17, 15) is 18.7 Å². The second-order valence-corrected chi connectivity index (χ2v) is 7.43. The van der Waals surface area contributed by atoms with Crippen LogP contribution in [0.1, 0.15) is 19.4 Å². The van der Waals surface area contributed by atoms with Crippen molar-refractivity contribution in [1.29, 1.82) is 0 Å².